The molecular weight excluding hydrogens is 476 g/mol. The molecule has 0 aromatic heterocycles. The summed E-state index contributed by atoms with van der Waals surface area (Å²) in [4.78, 5) is 28.9. The smallest absolute Gasteiger partial charge is 0.243 e. The monoisotopic (exact) mass is 508 g/mol. The van der Waals surface area contributed by atoms with Crippen molar-refractivity contribution in [3.05, 3.63) is 107 Å². The van der Waals surface area contributed by atoms with Crippen molar-refractivity contribution in [3.8, 4) is 0 Å². The van der Waals surface area contributed by atoms with Gasteiger partial charge in [0, 0.05) is 29.3 Å². The molecule has 0 aliphatic carbocycles. The van der Waals surface area contributed by atoms with Crippen molar-refractivity contribution in [1.29, 1.82) is 0 Å². The van der Waals surface area contributed by atoms with Gasteiger partial charge < -0.3 is 10.2 Å². The van der Waals surface area contributed by atoms with Gasteiger partial charge in [-0.15, -0.1) is 11.8 Å². The number of hydrogen-bond donors (Lipinski definition) is 1. The largest absolute Gasteiger partial charge is 0.350 e. The van der Waals surface area contributed by atoms with Gasteiger partial charge in [-0.1, -0.05) is 90.5 Å². The summed E-state index contributed by atoms with van der Waals surface area (Å²) in [6.45, 7) is 6.22. The lowest BCUT2D eigenvalue weighted by atomic mass is 10.0. The molecule has 0 aliphatic heterocycles. The molecule has 0 saturated heterocycles. The van der Waals surface area contributed by atoms with Crippen LogP contribution in [0.4, 0.5) is 0 Å². The summed E-state index contributed by atoms with van der Waals surface area (Å²) < 4.78 is 0. The fourth-order valence-corrected chi connectivity index (χ4v) is 4.93. The van der Waals surface area contributed by atoms with Crippen molar-refractivity contribution in [2.24, 2.45) is 0 Å². The Morgan fingerprint density at radius 2 is 1.46 bits per heavy atom. The van der Waals surface area contributed by atoms with E-state index in [1.807, 2.05) is 106 Å². The lowest BCUT2D eigenvalue weighted by Crippen LogP contribution is -2.54. The minimum Gasteiger partial charge on any atom is -0.350 e. The Balaban J connectivity index is 1.85. The number of rotatable bonds is 10. The van der Waals surface area contributed by atoms with Crippen molar-refractivity contribution >= 4 is 35.2 Å². The number of nitrogens with zero attached hydrogens (tertiary/aromatic N) is 1. The highest BCUT2D eigenvalue weighted by molar-refractivity contribution is 7.99. The number of hydrogen-bond acceptors (Lipinski definition) is 3. The molecule has 3 rings (SSSR count). The molecule has 35 heavy (non-hydrogen) atoms. The van der Waals surface area contributed by atoms with Crippen molar-refractivity contribution in [3.63, 3.8) is 0 Å². The molecule has 184 valence electrons. The van der Waals surface area contributed by atoms with Crippen LogP contribution in [0, 0.1) is 0 Å². The zero-order chi connectivity index (χ0) is 25.3. The first kappa shape index (κ1) is 26.8. The third-order valence-electron chi connectivity index (χ3n) is 5.41. The average Bonchev–Trinajstić information content (AvgIpc) is 2.82. The summed E-state index contributed by atoms with van der Waals surface area (Å²) in [5.74, 6) is 0.659. The third kappa shape index (κ3) is 8.75. The number of thioether (sulfide) groups is 1. The fraction of sp³-hybridized carbons (Fsp3) is 0.310. The first-order valence-corrected chi connectivity index (χ1v) is 13.3. The van der Waals surface area contributed by atoms with Crippen molar-refractivity contribution < 1.29 is 9.59 Å². The predicted octanol–water partition coefficient (Wildman–Crippen LogP) is 6.13. The normalized spacial score (nSPS) is 12.1. The molecule has 0 saturated carbocycles. The Kier molecular flexibility index (Phi) is 9.82. The van der Waals surface area contributed by atoms with Gasteiger partial charge in [-0.25, -0.2) is 0 Å². The molecule has 3 aromatic rings. The van der Waals surface area contributed by atoms with E-state index >= 15 is 0 Å². The van der Waals surface area contributed by atoms with Gasteiger partial charge in [0.05, 0.1) is 5.75 Å². The highest BCUT2D eigenvalue weighted by Gasteiger charge is 2.32. The molecule has 4 nitrogen and oxygen atoms in total. The molecule has 2 amide bonds. The molecule has 0 unspecified atom stereocenters. The Morgan fingerprint density at radius 3 is 2.06 bits per heavy atom. The highest BCUT2D eigenvalue weighted by atomic mass is 35.5. The molecule has 0 bridgehead atoms. The third-order valence-corrected chi connectivity index (χ3v) is 6.74. The van der Waals surface area contributed by atoms with E-state index in [2.05, 4.69) is 5.32 Å². The molecule has 0 spiro atoms. The quantitative estimate of drug-likeness (QED) is 0.358. The molecule has 1 atom stereocenters. The summed E-state index contributed by atoms with van der Waals surface area (Å²) in [6, 6.07) is 26.7. The first-order chi connectivity index (χ1) is 16.7. The van der Waals surface area contributed by atoms with Crippen LogP contribution in [0.15, 0.2) is 84.9 Å². The first-order valence-electron chi connectivity index (χ1n) is 11.7. The second kappa shape index (κ2) is 12.8. The maximum absolute atomic E-state index is 13.6. The van der Waals surface area contributed by atoms with Gasteiger partial charge in [-0.05, 0) is 43.5 Å². The van der Waals surface area contributed by atoms with Gasteiger partial charge in [0.15, 0.2) is 0 Å². The summed E-state index contributed by atoms with van der Waals surface area (Å²) in [5, 5.41) is 3.79. The van der Waals surface area contributed by atoms with Crippen LogP contribution in [0.1, 0.15) is 37.5 Å². The zero-order valence-electron chi connectivity index (χ0n) is 20.5. The lowest BCUT2D eigenvalue weighted by Gasteiger charge is -2.34. The maximum atomic E-state index is 13.6. The number of carbonyl (C=O) groups excluding carboxylic acids is 2. The fourth-order valence-electron chi connectivity index (χ4n) is 3.73. The molecule has 0 radical (unpaired) electrons. The Labute approximate surface area is 218 Å². The number of halogens is 1. The van der Waals surface area contributed by atoms with E-state index in [1.54, 1.807) is 4.90 Å². The van der Waals surface area contributed by atoms with Crippen LogP contribution < -0.4 is 5.32 Å². The Hall–Kier alpha value is -2.76. The van der Waals surface area contributed by atoms with Crippen LogP contribution in [0.5, 0.6) is 0 Å². The minimum atomic E-state index is -0.634. The van der Waals surface area contributed by atoms with Gasteiger partial charge >= 0.3 is 0 Å². The second-order valence-corrected chi connectivity index (χ2v) is 10.9. The van der Waals surface area contributed by atoms with Crippen LogP contribution in [-0.2, 0) is 28.3 Å². The van der Waals surface area contributed by atoms with E-state index in [9.17, 15) is 9.59 Å². The molecule has 6 heteroatoms. The number of amides is 2. The van der Waals surface area contributed by atoms with E-state index in [0.717, 1.165) is 16.7 Å². The minimum absolute atomic E-state index is 0.0732. The second-order valence-electron chi connectivity index (χ2n) is 9.54. The van der Waals surface area contributed by atoms with Crippen LogP contribution >= 0.6 is 23.4 Å². The predicted molar refractivity (Wildman–Crippen MR) is 146 cm³/mol. The molecule has 0 fully saturated rings. The highest BCUT2D eigenvalue weighted by Crippen LogP contribution is 2.22. The van der Waals surface area contributed by atoms with E-state index in [-0.39, 0.29) is 17.6 Å². The van der Waals surface area contributed by atoms with Gasteiger partial charge in [-0.2, -0.15) is 0 Å². The van der Waals surface area contributed by atoms with Gasteiger partial charge in [0.1, 0.15) is 6.04 Å². The maximum Gasteiger partial charge on any atom is 0.243 e. The van der Waals surface area contributed by atoms with Crippen LogP contribution in [0.25, 0.3) is 0 Å². The standard InChI is InChI=1S/C29H33ClN2O2S/c1-29(2,3)31-28(34)26(18-22-12-6-4-7-13-22)32(19-23-14-8-5-9-15-23)27(33)21-35-20-24-16-10-11-17-25(24)30/h4-17,26H,18-21H2,1-3H3,(H,31,34)/t26-/m0/s1. The summed E-state index contributed by atoms with van der Waals surface area (Å²) in [7, 11) is 0. The summed E-state index contributed by atoms with van der Waals surface area (Å²) >= 11 is 7.80. The van der Waals surface area contributed by atoms with E-state index < -0.39 is 11.6 Å². The van der Waals surface area contributed by atoms with Crippen LogP contribution in [0.2, 0.25) is 5.02 Å². The van der Waals surface area contributed by atoms with E-state index in [4.69, 9.17) is 11.6 Å². The number of carbonyl (C=O) groups is 2. The van der Waals surface area contributed by atoms with Crippen LogP contribution in [0.3, 0.4) is 0 Å². The van der Waals surface area contributed by atoms with Crippen molar-refractivity contribution in [2.45, 2.75) is 51.1 Å². The molecular formula is C29H33ClN2O2S. The summed E-state index contributed by atoms with van der Waals surface area (Å²) in [5.41, 5.74) is 2.58. The Bertz CT molecular complexity index is 1100. The van der Waals surface area contributed by atoms with Crippen LogP contribution in [-0.4, -0.2) is 34.0 Å². The van der Waals surface area contributed by atoms with Crippen molar-refractivity contribution in [2.75, 3.05) is 5.75 Å². The zero-order valence-corrected chi connectivity index (χ0v) is 22.1. The van der Waals surface area contributed by atoms with Crippen molar-refractivity contribution in [1.82, 2.24) is 10.2 Å². The van der Waals surface area contributed by atoms with Gasteiger partial charge in [-0.3, -0.25) is 9.59 Å². The molecule has 3 aromatic carbocycles. The average molecular weight is 509 g/mol. The van der Waals surface area contributed by atoms with E-state index in [1.165, 1.54) is 11.8 Å². The SMILES string of the molecule is CC(C)(C)NC(=O)[C@H](Cc1ccccc1)N(Cc1ccccc1)C(=O)CSCc1ccccc1Cl. The lowest BCUT2D eigenvalue weighted by molar-refractivity contribution is -0.140. The topological polar surface area (TPSA) is 49.4 Å². The molecule has 1 N–H and O–H groups in total. The Morgan fingerprint density at radius 1 is 0.886 bits per heavy atom. The molecule has 0 aliphatic rings. The number of nitrogens with one attached hydrogen (secondary N) is 1. The number of benzene rings is 3. The van der Waals surface area contributed by atoms with Gasteiger partial charge in [0.2, 0.25) is 11.8 Å². The summed E-state index contributed by atoms with van der Waals surface area (Å²) in [6.07, 6.45) is 0.441. The van der Waals surface area contributed by atoms with Gasteiger partial charge in [0.25, 0.3) is 0 Å². The van der Waals surface area contributed by atoms with E-state index in [0.29, 0.717) is 23.7 Å². The molecule has 0 heterocycles.